The molecule has 0 atom stereocenters. The molecule has 0 bridgehead atoms. The number of aliphatic carboxylic acids is 1. The fraction of sp³-hybridized carbons (Fsp3) is 0.229. The van der Waals surface area contributed by atoms with Gasteiger partial charge in [0, 0.05) is 23.2 Å². The van der Waals surface area contributed by atoms with Crippen LogP contribution in [0.25, 0.3) is 34.0 Å². The largest absolute Gasteiger partial charge is 0.507 e. The van der Waals surface area contributed by atoms with E-state index in [-0.39, 0.29) is 5.75 Å². The SMILES string of the molecule is COc1ccc(CC2(C(=O)O)CCN(Cc3ccc(-c4noc(-c5ccc(-c6ccccc6)c(O)c5)n4)cc3)CC2)cc1. The Hall–Kier alpha value is -4.95. The zero-order valence-corrected chi connectivity index (χ0v) is 23.9. The molecule has 1 aliphatic rings. The number of phenols is 1. The minimum Gasteiger partial charge on any atom is -0.507 e. The van der Waals surface area contributed by atoms with Crippen molar-refractivity contribution in [1.29, 1.82) is 0 Å². The summed E-state index contributed by atoms with van der Waals surface area (Å²) < 4.78 is 10.7. The van der Waals surface area contributed by atoms with Crippen molar-refractivity contribution in [1.82, 2.24) is 15.0 Å². The Morgan fingerprint density at radius 2 is 1.56 bits per heavy atom. The van der Waals surface area contributed by atoms with Gasteiger partial charge in [-0.2, -0.15) is 4.98 Å². The average Bonchev–Trinajstić information content (AvgIpc) is 3.54. The fourth-order valence-corrected chi connectivity index (χ4v) is 5.74. The molecule has 1 aromatic heterocycles. The number of carboxylic acid groups (broad SMARTS) is 1. The summed E-state index contributed by atoms with van der Waals surface area (Å²) in [6.45, 7) is 2.17. The molecule has 1 aliphatic heterocycles. The van der Waals surface area contributed by atoms with Gasteiger partial charge >= 0.3 is 5.97 Å². The van der Waals surface area contributed by atoms with Gasteiger partial charge in [-0.25, -0.2) is 0 Å². The summed E-state index contributed by atoms with van der Waals surface area (Å²) in [6, 6.07) is 30.7. The molecule has 43 heavy (non-hydrogen) atoms. The van der Waals surface area contributed by atoms with E-state index >= 15 is 0 Å². The lowest BCUT2D eigenvalue weighted by molar-refractivity contribution is -0.152. The number of methoxy groups -OCH3 is 1. The zero-order valence-electron chi connectivity index (χ0n) is 23.9. The summed E-state index contributed by atoms with van der Waals surface area (Å²) in [7, 11) is 1.62. The lowest BCUT2D eigenvalue weighted by Crippen LogP contribution is -2.45. The number of aromatic hydroxyl groups is 1. The minimum atomic E-state index is -0.760. The zero-order chi connectivity index (χ0) is 29.8. The average molecular weight is 576 g/mol. The normalized spacial score (nSPS) is 14.8. The molecule has 2 N–H and O–H groups in total. The number of aromatic nitrogens is 2. The molecule has 4 aromatic carbocycles. The molecule has 0 saturated carbocycles. The maximum absolute atomic E-state index is 12.3. The van der Waals surface area contributed by atoms with E-state index in [9.17, 15) is 15.0 Å². The highest BCUT2D eigenvalue weighted by atomic mass is 16.5. The van der Waals surface area contributed by atoms with E-state index in [0.29, 0.717) is 49.6 Å². The lowest BCUT2D eigenvalue weighted by Gasteiger charge is -2.39. The van der Waals surface area contributed by atoms with Crippen LogP contribution in [0.2, 0.25) is 0 Å². The second-order valence-electron chi connectivity index (χ2n) is 11.1. The first-order chi connectivity index (χ1) is 20.9. The number of ether oxygens (including phenoxy) is 1. The van der Waals surface area contributed by atoms with Crippen LogP contribution in [-0.2, 0) is 17.8 Å². The van der Waals surface area contributed by atoms with Crippen LogP contribution in [0.3, 0.4) is 0 Å². The number of carbonyl (C=O) groups is 1. The molecule has 1 fully saturated rings. The lowest BCUT2D eigenvalue weighted by atomic mass is 9.73. The molecule has 5 aromatic rings. The molecule has 8 heteroatoms. The number of piperidine rings is 1. The second-order valence-corrected chi connectivity index (χ2v) is 11.1. The number of benzene rings is 4. The van der Waals surface area contributed by atoms with Gasteiger partial charge in [-0.1, -0.05) is 71.9 Å². The highest BCUT2D eigenvalue weighted by Crippen LogP contribution is 2.37. The number of phenolic OH excluding ortho intramolecular Hbond substituents is 1. The van der Waals surface area contributed by atoms with E-state index in [1.165, 1.54) is 0 Å². The first-order valence-corrected chi connectivity index (χ1v) is 14.3. The third-order valence-electron chi connectivity index (χ3n) is 8.34. The van der Waals surface area contributed by atoms with E-state index in [0.717, 1.165) is 40.1 Å². The predicted octanol–water partition coefficient (Wildman–Crippen LogP) is 6.69. The van der Waals surface area contributed by atoms with Gasteiger partial charge in [0.1, 0.15) is 11.5 Å². The van der Waals surface area contributed by atoms with E-state index in [4.69, 9.17) is 9.26 Å². The van der Waals surface area contributed by atoms with Gasteiger partial charge in [-0.15, -0.1) is 0 Å². The smallest absolute Gasteiger partial charge is 0.310 e. The molecule has 2 heterocycles. The third-order valence-corrected chi connectivity index (χ3v) is 8.34. The monoisotopic (exact) mass is 575 g/mol. The summed E-state index contributed by atoms with van der Waals surface area (Å²) in [5.74, 6) is 0.985. The summed E-state index contributed by atoms with van der Waals surface area (Å²) in [4.78, 5) is 19.2. The standard InChI is InChI=1S/C35H33N3O5/c1-42-29-14-9-24(10-15-29)22-35(34(40)41)17-19-38(20-18-35)23-25-7-11-27(12-8-25)32-36-33(43-37-32)28-13-16-30(31(39)21-28)26-5-3-2-4-6-26/h2-16,21,39H,17-20,22-23H2,1H3,(H,40,41). The fourth-order valence-electron chi connectivity index (χ4n) is 5.74. The Morgan fingerprint density at radius 1 is 0.884 bits per heavy atom. The van der Waals surface area contributed by atoms with Crippen LogP contribution < -0.4 is 4.74 Å². The van der Waals surface area contributed by atoms with Crippen molar-refractivity contribution in [2.24, 2.45) is 5.41 Å². The Kier molecular flexibility index (Phi) is 7.94. The van der Waals surface area contributed by atoms with Crippen molar-refractivity contribution in [2.45, 2.75) is 25.8 Å². The number of rotatable bonds is 9. The molecule has 0 spiro atoms. The molecule has 0 aliphatic carbocycles. The number of hydrogen-bond acceptors (Lipinski definition) is 7. The van der Waals surface area contributed by atoms with Crippen molar-refractivity contribution in [3.63, 3.8) is 0 Å². The van der Waals surface area contributed by atoms with Crippen molar-refractivity contribution in [3.8, 4) is 45.5 Å². The van der Waals surface area contributed by atoms with Gasteiger partial charge in [0.2, 0.25) is 5.82 Å². The van der Waals surface area contributed by atoms with Crippen molar-refractivity contribution in [3.05, 3.63) is 108 Å². The molecular formula is C35H33N3O5. The number of likely N-dealkylation sites (tertiary alicyclic amines) is 1. The molecular weight excluding hydrogens is 542 g/mol. The Bertz CT molecular complexity index is 1690. The van der Waals surface area contributed by atoms with Gasteiger partial charge in [0.15, 0.2) is 0 Å². The first kappa shape index (κ1) is 28.2. The van der Waals surface area contributed by atoms with Gasteiger partial charge in [0.25, 0.3) is 5.89 Å². The van der Waals surface area contributed by atoms with Crippen molar-refractivity contribution < 1.29 is 24.3 Å². The van der Waals surface area contributed by atoms with Gasteiger partial charge < -0.3 is 19.5 Å². The summed E-state index contributed by atoms with van der Waals surface area (Å²) in [6.07, 6.45) is 1.71. The van der Waals surface area contributed by atoms with Crippen molar-refractivity contribution >= 4 is 5.97 Å². The van der Waals surface area contributed by atoms with E-state index < -0.39 is 11.4 Å². The van der Waals surface area contributed by atoms with Crippen LogP contribution in [0.5, 0.6) is 11.5 Å². The van der Waals surface area contributed by atoms with Gasteiger partial charge in [-0.3, -0.25) is 9.69 Å². The van der Waals surface area contributed by atoms with Gasteiger partial charge in [-0.05, 0) is 79.4 Å². The highest BCUT2D eigenvalue weighted by Gasteiger charge is 2.41. The number of nitrogens with zero attached hydrogens (tertiary/aromatic N) is 3. The Morgan fingerprint density at radius 3 is 2.21 bits per heavy atom. The Balaban J connectivity index is 1.08. The molecule has 0 radical (unpaired) electrons. The first-order valence-electron chi connectivity index (χ1n) is 14.3. The van der Waals surface area contributed by atoms with E-state index in [2.05, 4.69) is 15.0 Å². The summed E-state index contributed by atoms with van der Waals surface area (Å²) in [5, 5.41) is 24.9. The number of hydrogen-bond donors (Lipinski definition) is 2. The number of carboxylic acids is 1. The van der Waals surface area contributed by atoms with E-state index in [1.54, 1.807) is 13.2 Å². The minimum absolute atomic E-state index is 0.145. The highest BCUT2D eigenvalue weighted by molar-refractivity contribution is 5.75. The maximum atomic E-state index is 12.3. The molecule has 0 amide bonds. The van der Waals surface area contributed by atoms with Crippen LogP contribution >= 0.6 is 0 Å². The second kappa shape index (κ2) is 12.1. The molecule has 0 unspecified atom stereocenters. The van der Waals surface area contributed by atoms with Gasteiger partial charge in [0.05, 0.1) is 12.5 Å². The quantitative estimate of drug-likeness (QED) is 0.200. The van der Waals surface area contributed by atoms with E-state index in [1.807, 2.05) is 91.0 Å². The molecule has 1 saturated heterocycles. The van der Waals surface area contributed by atoms with Crippen molar-refractivity contribution in [2.75, 3.05) is 20.2 Å². The van der Waals surface area contributed by atoms with Crippen LogP contribution in [0.4, 0.5) is 0 Å². The topological polar surface area (TPSA) is 109 Å². The van der Waals surface area contributed by atoms with Crippen LogP contribution in [0, 0.1) is 5.41 Å². The van der Waals surface area contributed by atoms with Crippen LogP contribution in [0.15, 0.2) is 102 Å². The Labute approximate surface area is 250 Å². The molecule has 8 nitrogen and oxygen atoms in total. The van der Waals surface area contributed by atoms with Crippen LogP contribution in [0.1, 0.15) is 24.0 Å². The molecule has 6 rings (SSSR count). The summed E-state index contributed by atoms with van der Waals surface area (Å²) in [5.41, 5.74) is 4.51. The third kappa shape index (κ3) is 6.15. The predicted molar refractivity (Wildman–Crippen MR) is 164 cm³/mol. The molecule has 218 valence electrons. The summed E-state index contributed by atoms with van der Waals surface area (Å²) >= 11 is 0. The maximum Gasteiger partial charge on any atom is 0.310 e. The van der Waals surface area contributed by atoms with Crippen LogP contribution in [-0.4, -0.2) is 51.4 Å².